The number of rotatable bonds is 11. The van der Waals surface area contributed by atoms with E-state index in [1.165, 1.54) is 49.2 Å². The average Bonchev–Trinajstić information content (AvgIpc) is 3.35. The number of carbonyl (C=O) groups excluding carboxylic acids is 2. The summed E-state index contributed by atoms with van der Waals surface area (Å²) in [5, 5.41) is 19.4. The molecule has 0 spiro atoms. The number of methoxy groups -OCH3 is 2. The minimum Gasteiger partial charge on any atom is -0.496 e. The Bertz CT molecular complexity index is 1360. The van der Waals surface area contributed by atoms with Gasteiger partial charge in [0, 0.05) is 6.54 Å². The molecule has 2 unspecified atom stereocenters. The third kappa shape index (κ3) is 8.19. The number of alkyl carbamates (subject to hydrolysis) is 1. The number of nitrogens with one attached hydrogen (secondary N) is 2. The van der Waals surface area contributed by atoms with Gasteiger partial charge in [-0.2, -0.15) is 5.10 Å². The molecule has 3 aromatic rings. The Morgan fingerprint density at radius 3 is 2.20 bits per heavy atom. The Kier molecular flexibility index (Phi) is 9.93. The fraction of sp³-hybridized carbons (Fsp3) is 0.379. The Balaban J connectivity index is 1.89. The Hall–Kier alpha value is -4.61. The fourth-order valence-corrected chi connectivity index (χ4v) is 4.06. The fourth-order valence-electron chi connectivity index (χ4n) is 4.06. The number of nitrogens with zero attached hydrogens (tertiary/aromatic N) is 2. The number of halogens is 1. The number of carboxylic acids is 1. The lowest BCUT2D eigenvalue weighted by atomic mass is 10.0. The van der Waals surface area contributed by atoms with Crippen LogP contribution in [0.15, 0.2) is 48.5 Å². The van der Waals surface area contributed by atoms with Crippen LogP contribution in [0.3, 0.4) is 0 Å². The number of aromatic nitrogens is 2. The first kappa shape index (κ1) is 30.9. The van der Waals surface area contributed by atoms with Gasteiger partial charge >= 0.3 is 12.1 Å². The molecule has 1 heterocycles. The molecule has 12 heteroatoms. The molecule has 0 aliphatic rings. The second-order valence-corrected chi connectivity index (χ2v) is 10.4. The molecule has 1 aromatic heterocycles. The number of hydrogen-bond acceptors (Lipinski definition) is 7. The summed E-state index contributed by atoms with van der Waals surface area (Å²) in [5.74, 6) is -1.86. The minimum absolute atomic E-state index is 0.0305. The van der Waals surface area contributed by atoms with Crippen molar-refractivity contribution in [3.63, 3.8) is 0 Å². The Labute approximate surface area is 237 Å². The standard InChI is InChI=1S/C29H35FN4O7/c1-17(16-31-28(38)41-29(2,3)4)14-21(27(36)37)32-26(35)20-15-22(25-23(39-5)8-7-9-24(25)40-6)34(33-20)19-12-10-18(30)11-13-19/h7-13,15,17,21H,14,16H2,1-6H3,(H,31,38)(H,32,35)(H,36,37). The van der Waals surface area contributed by atoms with Crippen molar-refractivity contribution >= 4 is 18.0 Å². The van der Waals surface area contributed by atoms with Crippen LogP contribution in [0.25, 0.3) is 16.9 Å². The van der Waals surface area contributed by atoms with Crippen molar-refractivity contribution in [2.24, 2.45) is 5.92 Å². The van der Waals surface area contributed by atoms with Crippen molar-refractivity contribution in [3.05, 3.63) is 60.0 Å². The van der Waals surface area contributed by atoms with E-state index in [2.05, 4.69) is 15.7 Å². The van der Waals surface area contributed by atoms with Crippen LogP contribution in [-0.4, -0.2) is 65.3 Å². The largest absolute Gasteiger partial charge is 0.496 e. The van der Waals surface area contributed by atoms with Gasteiger partial charge in [-0.1, -0.05) is 13.0 Å². The second-order valence-electron chi connectivity index (χ2n) is 10.4. The molecule has 0 aliphatic carbocycles. The predicted octanol–water partition coefficient (Wildman–Crippen LogP) is 4.43. The normalized spacial score (nSPS) is 12.7. The lowest BCUT2D eigenvalue weighted by molar-refractivity contribution is -0.139. The average molecular weight is 571 g/mol. The van der Waals surface area contributed by atoms with Gasteiger partial charge in [-0.05, 0) is 75.6 Å². The first-order valence-electron chi connectivity index (χ1n) is 12.9. The zero-order chi connectivity index (χ0) is 30.3. The lowest BCUT2D eigenvalue weighted by Gasteiger charge is -2.22. The molecule has 2 amide bonds. The maximum Gasteiger partial charge on any atom is 0.407 e. The Morgan fingerprint density at radius 2 is 1.66 bits per heavy atom. The molecular formula is C29H35FN4O7. The van der Waals surface area contributed by atoms with Crippen LogP contribution < -0.4 is 20.1 Å². The summed E-state index contributed by atoms with van der Waals surface area (Å²) in [6.45, 7) is 7.09. The third-order valence-electron chi connectivity index (χ3n) is 5.93. The molecule has 0 radical (unpaired) electrons. The van der Waals surface area contributed by atoms with Gasteiger partial charge in [0.2, 0.25) is 0 Å². The topological polar surface area (TPSA) is 141 Å². The zero-order valence-electron chi connectivity index (χ0n) is 23.9. The molecule has 0 fully saturated rings. The van der Waals surface area contributed by atoms with E-state index in [0.717, 1.165) is 0 Å². The quantitative estimate of drug-likeness (QED) is 0.308. The molecule has 2 atom stereocenters. The smallest absolute Gasteiger partial charge is 0.407 e. The maximum atomic E-state index is 13.7. The predicted molar refractivity (Wildman–Crippen MR) is 149 cm³/mol. The molecule has 0 saturated carbocycles. The van der Waals surface area contributed by atoms with Crippen LogP contribution in [-0.2, 0) is 9.53 Å². The molecule has 41 heavy (non-hydrogen) atoms. The van der Waals surface area contributed by atoms with E-state index < -0.39 is 35.4 Å². The lowest BCUT2D eigenvalue weighted by Crippen LogP contribution is -2.43. The summed E-state index contributed by atoms with van der Waals surface area (Å²) >= 11 is 0. The number of benzene rings is 2. The van der Waals surface area contributed by atoms with Gasteiger partial charge in [0.05, 0.1) is 31.2 Å². The van der Waals surface area contributed by atoms with Gasteiger partial charge < -0.3 is 30.0 Å². The maximum absolute atomic E-state index is 13.7. The van der Waals surface area contributed by atoms with E-state index in [-0.39, 0.29) is 24.6 Å². The number of amides is 2. The van der Waals surface area contributed by atoms with Crippen molar-refractivity contribution in [1.82, 2.24) is 20.4 Å². The summed E-state index contributed by atoms with van der Waals surface area (Å²) in [5.41, 5.74) is 0.588. The number of ether oxygens (including phenoxy) is 3. The number of carboxylic acid groups (broad SMARTS) is 1. The van der Waals surface area contributed by atoms with Crippen molar-refractivity contribution in [2.75, 3.05) is 20.8 Å². The SMILES string of the molecule is COc1cccc(OC)c1-c1cc(C(=O)NC(CC(C)CNC(=O)OC(C)(C)C)C(=O)O)nn1-c1ccc(F)cc1. The van der Waals surface area contributed by atoms with E-state index in [0.29, 0.717) is 28.4 Å². The monoisotopic (exact) mass is 570 g/mol. The highest BCUT2D eigenvalue weighted by Gasteiger charge is 2.27. The highest BCUT2D eigenvalue weighted by molar-refractivity contribution is 5.96. The van der Waals surface area contributed by atoms with Gasteiger partial charge in [0.15, 0.2) is 5.69 Å². The van der Waals surface area contributed by atoms with Crippen LogP contribution in [0.1, 0.15) is 44.6 Å². The molecule has 11 nitrogen and oxygen atoms in total. The highest BCUT2D eigenvalue weighted by Crippen LogP contribution is 2.39. The van der Waals surface area contributed by atoms with Crippen molar-refractivity contribution in [1.29, 1.82) is 0 Å². The van der Waals surface area contributed by atoms with E-state index in [1.54, 1.807) is 45.9 Å². The first-order valence-corrected chi connectivity index (χ1v) is 12.9. The van der Waals surface area contributed by atoms with Gasteiger partial charge in [0.1, 0.15) is 29.0 Å². The molecule has 0 aliphatic heterocycles. The number of aliphatic carboxylic acids is 1. The molecule has 3 rings (SSSR count). The van der Waals surface area contributed by atoms with E-state index in [9.17, 15) is 23.9 Å². The summed E-state index contributed by atoms with van der Waals surface area (Å²) in [6, 6.07) is 10.9. The minimum atomic E-state index is -1.27. The summed E-state index contributed by atoms with van der Waals surface area (Å²) in [7, 11) is 2.97. The van der Waals surface area contributed by atoms with E-state index in [1.807, 2.05) is 0 Å². The highest BCUT2D eigenvalue weighted by atomic mass is 19.1. The van der Waals surface area contributed by atoms with Crippen LogP contribution in [0, 0.1) is 11.7 Å². The molecule has 0 saturated heterocycles. The summed E-state index contributed by atoms with van der Waals surface area (Å²) in [4.78, 5) is 37.3. The van der Waals surface area contributed by atoms with E-state index in [4.69, 9.17) is 14.2 Å². The molecule has 220 valence electrons. The van der Waals surface area contributed by atoms with Crippen molar-refractivity contribution < 1.29 is 38.1 Å². The summed E-state index contributed by atoms with van der Waals surface area (Å²) in [6.07, 6.45) is -0.589. The third-order valence-corrected chi connectivity index (χ3v) is 5.93. The van der Waals surface area contributed by atoms with Gasteiger partial charge in [-0.3, -0.25) is 4.79 Å². The summed E-state index contributed by atoms with van der Waals surface area (Å²) < 4.78 is 31.4. The van der Waals surface area contributed by atoms with Crippen LogP contribution in [0.4, 0.5) is 9.18 Å². The van der Waals surface area contributed by atoms with Crippen LogP contribution >= 0.6 is 0 Å². The Morgan fingerprint density at radius 1 is 1.05 bits per heavy atom. The zero-order valence-corrected chi connectivity index (χ0v) is 23.9. The van der Waals surface area contributed by atoms with Crippen LogP contribution in [0.5, 0.6) is 11.5 Å². The molecule has 3 N–H and O–H groups in total. The molecule has 2 aromatic carbocycles. The van der Waals surface area contributed by atoms with E-state index >= 15 is 0 Å². The van der Waals surface area contributed by atoms with Gasteiger partial charge in [-0.25, -0.2) is 18.7 Å². The van der Waals surface area contributed by atoms with Gasteiger partial charge in [-0.15, -0.1) is 0 Å². The van der Waals surface area contributed by atoms with Crippen LogP contribution in [0.2, 0.25) is 0 Å². The van der Waals surface area contributed by atoms with Crippen molar-refractivity contribution in [3.8, 4) is 28.4 Å². The second kappa shape index (κ2) is 13.2. The van der Waals surface area contributed by atoms with Crippen molar-refractivity contribution in [2.45, 2.75) is 45.8 Å². The first-order chi connectivity index (χ1) is 19.3. The molecular weight excluding hydrogens is 535 g/mol. The number of carbonyl (C=O) groups is 3. The van der Waals surface area contributed by atoms with Gasteiger partial charge in [0.25, 0.3) is 5.91 Å². The number of hydrogen-bond donors (Lipinski definition) is 3. The molecule has 0 bridgehead atoms.